The lowest BCUT2D eigenvalue weighted by molar-refractivity contribution is -0.0522. The minimum Gasteiger partial charge on any atom is -0.456 e. The number of nitrogens with zero attached hydrogens (tertiary/aromatic N) is 1. The lowest BCUT2D eigenvalue weighted by atomic mass is 10.1. The smallest absolute Gasteiger partial charge is 0.338 e. The van der Waals surface area contributed by atoms with E-state index in [4.69, 9.17) is 9.47 Å². The Morgan fingerprint density at radius 3 is 2.65 bits per heavy atom. The number of carbonyl (C=O) groups excluding carboxylic acids is 1. The topological polar surface area (TPSA) is 111 Å². The molecule has 2 heterocycles. The predicted molar refractivity (Wildman–Crippen MR) is 92.1 cm³/mol. The van der Waals surface area contributed by atoms with Crippen molar-refractivity contribution < 1.29 is 19.4 Å². The van der Waals surface area contributed by atoms with Crippen LogP contribution in [0.1, 0.15) is 34.1 Å². The SMILES string of the molecule is Cc1ccc(C(=O)O[C@H]2C[C@@H](n3cc(C)c(=O)[nH]c3=O)O[C@@H]2CO)cc1. The number of carbonyl (C=O) groups is 1. The fourth-order valence-corrected chi connectivity index (χ4v) is 2.85. The van der Waals surface area contributed by atoms with Crippen LogP contribution in [0.5, 0.6) is 0 Å². The highest BCUT2D eigenvalue weighted by Gasteiger charge is 2.39. The van der Waals surface area contributed by atoms with Crippen molar-refractivity contribution in [2.24, 2.45) is 0 Å². The summed E-state index contributed by atoms with van der Waals surface area (Å²) in [6.07, 6.45) is -0.629. The first-order valence-electron chi connectivity index (χ1n) is 8.25. The molecule has 3 atom stereocenters. The molecule has 26 heavy (non-hydrogen) atoms. The molecule has 0 amide bonds. The van der Waals surface area contributed by atoms with Crippen molar-refractivity contribution in [1.29, 1.82) is 0 Å². The maximum atomic E-state index is 12.3. The number of nitrogens with one attached hydrogen (secondary N) is 1. The van der Waals surface area contributed by atoms with Crippen LogP contribution >= 0.6 is 0 Å². The molecule has 1 aromatic heterocycles. The van der Waals surface area contributed by atoms with Crippen LogP contribution in [0.15, 0.2) is 40.1 Å². The monoisotopic (exact) mass is 360 g/mol. The molecular weight excluding hydrogens is 340 g/mol. The zero-order chi connectivity index (χ0) is 18.8. The van der Waals surface area contributed by atoms with Gasteiger partial charge in [-0.05, 0) is 26.0 Å². The average Bonchev–Trinajstić information content (AvgIpc) is 3.01. The first-order chi connectivity index (χ1) is 12.4. The number of benzene rings is 1. The van der Waals surface area contributed by atoms with Crippen LogP contribution in [-0.4, -0.2) is 39.4 Å². The number of hydrogen-bond acceptors (Lipinski definition) is 6. The van der Waals surface area contributed by atoms with E-state index in [2.05, 4.69) is 4.98 Å². The largest absolute Gasteiger partial charge is 0.456 e. The Balaban J connectivity index is 1.78. The molecule has 138 valence electrons. The summed E-state index contributed by atoms with van der Waals surface area (Å²) in [4.78, 5) is 38.0. The van der Waals surface area contributed by atoms with Crippen LogP contribution in [-0.2, 0) is 9.47 Å². The third-order valence-corrected chi connectivity index (χ3v) is 4.36. The van der Waals surface area contributed by atoms with Gasteiger partial charge in [0.25, 0.3) is 5.56 Å². The molecule has 1 aliphatic rings. The van der Waals surface area contributed by atoms with Crippen molar-refractivity contribution in [3.05, 3.63) is 68.0 Å². The van der Waals surface area contributed by atoms with Gasteiger partial charge in [-0.3, -0.25) is 14.3 Å². The van der Waals surface area contributed by atoms with Gasteiger partial charge in [-0.15, -0.1) is 0 Å². The van der Waals surface area contributed by atoms with Gasteiger partial charge in [-0.25, -0.2) is 9.59 Å². The van der Waals surface area contributed by atoms with E-state index in [0.29, 0.717) is 11.1 Å². The molecule has 0 bridgehead atoms. The minimum absolute atomic E-state index is 0.189. The molecule has 2 N–H and O–H groups in total. The van der Waals surface area contributed by atoms with E-state index in [9.17, 15) is 19.5 Å². The lowest BCUT2D eigenvalue weighted by Gasteiger charge is -2.16. The van der Waals surface area contributed by atoms with Gasteiger partial charge in [0.05, 0.1) is 12.2 Å². The Morgan fingerprint density at radius 2 is 2.00 bits per heavy atom. The van der Waals surface area contributed by atoms with E-state index in [1.807, 2.05) is 6.92 Å². The highest BCUT2D eigenvalue weighted by Crippen LogP contribution is 2.30. The Kier molecular flexibility index (Phi) is 5.06. The highest BCUT2D eigenvalue weighted by atomic mass is 16.6. The number of esters is 1. The molecule has 0 unspecified atom stereocenters. The number of aromatic nitrogens is 2. The third-order valence-electron chi connectivity index (χ3n) is 4.36. The Hall–Kier alpha value is -2.71. The van der Waals surface area contributed by atoms with Crippen molar-refractivity contribution in [3.63, 3.8) is 0 Å². The van der Waals surface area contributed by atoms with Crippen molar-refractivity contribution in [3.8, 4) is 0 Å². The van der Waals surface area contributed by atoms with Crippen LogP contribution in [0.4, 0.5) is 0 Å². The minimum atomic E-state index is -0.756. The Labute approximate surface area is 149 Å². The summed E-state index contributed by atoms with van der Waals surface area (Å²) < 4.78 is 12.4. The number of aliphatic hydroxyl groups excluding tert-OH is 1. The van der Waals surface area contributed by atoms with Gasteiger partial charge in [-0.2, -0.15) is 0 Å². The summed E-state index contributed by atoms with van der Waals surface area (Å²) >= 11 is 0. The van der Waals surface area contributed by atoms with E-state index < -0.39 is 35.7 Å². The average molecular weight is 360 g/mol. The van der Waals surface area contributed by atoms with E-state index in [-0.39, 0.29) is 13.0 Å². The standard InChI is InChI=1S/C18H20N2O6/c1-10-3-5-12(6-4-10)17(23)26-13-7-15(25-14(13)9-21)20-8-11(2)16(22)19-18(20)24/h3-6,8,13-15,21H,7,9H2,1-2H3,(H,19,22,24)/t13-,14+,15-/m0/s1. The molecule has 1 aromatic carbocycles. The number of ether oxygens (including phenoxy) is 2. The zero-order valence-electron chi connectivity index (χ0n) is 14.5. The summed E-state index contributed by atoms with van der Waals surface area (Å²) in [6.45, 7) is 3.12. The van der Waals surface area contributed by atoms with Gasteiger partial charge in [0.15, 0.2) is 0 Å². The van der Waals surface area contributed by atoms with Crippen LogP contribution in [0.2, 0.25) is 0 Å². The van der Waals surface area contributed by atoms with Crippen LogP contribution in [0.25, 0.3) is 0 Å². The molecule has 1 fully saturated rings. The molecule has 8 heteroatoms. The first-order valence-corrected chi connectivity index (χ1v) is 8.25. The van der Waals surface area contributed by atoms with E-state index >= 15 is 0 Å². The maximum Gasteiger partial charge on any atom is 0.338 e. The lowest BCUT2D eigenvalue weighted by Crippen LogP contribution is -2.33. The predicted octanol–water partition coefficient (Wildman–Crippen LogP) is 0.659. The fourth-order valence-electron chi connectivity index (χ4n) is 2.85. The van der Waals surface area contributed by atoms with Gasteiger partial charge in [-0.1, -0.05) is 17.7 Å². The Bertz CT molecular complexity index is 915. The number of aliphatic hydroxyl groups is 1. The molecule has 1 aliphatic heterocycles. The van der Waals surface area contributed by atoms with Crippen LogP contribution in [0.3, 0.4) is 0 Å². The second kappa shape index (κ2) is 7.27. The van der Waals surface area contributed by atoms with Gasteiger partial charge >= 0.3 is 11.7 Å². The van der Waals surface area contributed by atoms with Crippen molar-refractivity contribution in [2.45, 2.75) is 38.7 Å². The molecule has 8 nitrogen and oxygen atoms in total. The van der Waals surface area contributed by atoms with Gasteiger partial charge in [0, 0.05) is 18.2 Å². The molecule has 0 saturated carbocycles. The zero-order valence-corrected chi connectivity index (χ0v) is 14.5. The van der Waals surface area contributed by atoms with Crippen LogP contribution < -0.4 is 11.2 Å². The summed E-state index contributed by atoms with van der Waals surface area (Å²) in [5.74, 6) is -0.525. The van der Waals surface area contributed by atoms with E-state index in [0.717, 1.165) is 5.56 Å². The molecule has 0 spiro atoms. The number of H-pyrrole nitrogens is 1. The fraction of sp³-hybridized carbons (Fsp3) is 0.389. The van der Waals surface area contributed by atoms with Gasteiger partial charge in [0.2, 0.25) is 0 Å². The van der Waals surface area contributed by atoms with Gasteiger partial charge < -0.3 is 14.6 Å². The summed E-state index contributed by atoms with van der Waals surface area (Å²) in [5, 5.41) is 9.53. The van der Waals surface area contributed by atoms with Crippen LogP contribution in [0, 0.1) is 13.8 Å². The Morgan fingerprint density at radius 1 is 1.31 bits per heavy atom. The molecule has 2 aromatic rings. The van der Waals surface area contributed by atoms with Gasteiger partial charge in [0.1, 0.15) is 18.4 Å². The highest BCUT2D eigenvalue weighted by molar-refractivity contribution is 5.89. The second-order valence-corrected chi connectivity index (χ2v) is 6.34. The van der Waals surface area contributed by atoms with E-state index in [1.54, 1.807) is 31.2 Å². The molecular formula is C18H20N2O6. The van der Waals surface area contributed by atoms with Crippen molar-refractivity contribution >= 4 is 5.97 Å². The molecule has 3 rings (SSSR count). The summed E-state index contributed by atoms with van der Waals surface area (Å²) in [7, 11) is 0. The summed E-state index contributed by atoms with van der Waals surface area (Å²) in [5.41, 5.74) is 0.687. The first kappa shape index (κ1) is 18.1. The number of aromatic amines is 1. The van der Waals surface area contributed by atoms with Crippen molar-refractivity contribution in [2.75, 3.05) is 6.61 Å². The third kappa shape index (κ3) is 3.61. The van der Waals surface area contributed by atoms with E-state index in [1.165, 1.54) is 10.8 Å². The number of hydrogen-bond donors (Lipinski definition) is 2. The second-order valence-electron chi connectivity index (χ2n) is 6.34. The number of rotatable bonds is 4. The quantitative estimate of drug-likeness (QED) is 0.775. The maximum absolute atomic E-state index is 12.3. The number of aryl methyl sites for hydroxylation is 2. The molecule has 0 radical (unpaired) electrons. The normalized spacial score (nSPS) is 22.3. The molecule has 1 saturated heterocycles. The van der Waals surface area contributed by atoms with Crippen molar-refractivity contribution in [1.82, 2.24) is 9.55 Å². The molecule has 0 aliphatic carbocycles. The summed E-state index contributed by atoms with van der Waals surface area (Å²) in [6, 6.07) is 6.93.